The van der Waals surface area contributed by atoms with Crippen molar-refractivity contribution in [2.45, 2.75) is 27.7 Å². The van der Waals surface area contributed by atoms with Crippen molar-refractivity contribution in [1.29, 1.82) is 0 Å². The summed E-state index contributed by atoms with van der Waals surface area (Å²) in [5.74, 6) is 3.20. The Morgan fingerprint density at radius 3 is 2.18 bits per heavy atom. The second kappa shape index (κ2) is 3.53. The van der Waals surface area contributed by atoms with Gasteiger partial charge in [0.15, 0.2) is 0 Å². The van der Waals surface area contributed by atoms with E-state index in [9.17, 15) is 0 Å². The van der Waals surface area contributed by atoms with E-state index in [4.69, 9.17) is 4.74 Å². The van der Waals surface area contributed by atoms with Gasteiger partial charge in [0, 0.05) is 10.8 Å². The number of hydrogen-bond acceptors (Lipinski definition) is 2. The van der Waals surface area contributed by atoms with E-state index in [0.717, 1.165) is 5.94 Å². The molecule has 0 saturated heterocycles. The molecular formula is C9H16OS. The summed E-state index contributed by atoms with van der Waals surface area (Å²) < 4.78 is 5.53. The molecule has 0 amide bonds. The largest absolute Gasteiger partial charge is 0.486 e. The third kappa shape index (κ3) is 1.92. The van der Waals surface area contributed by atoms with Gasteiger partial charge in [-0.05, 0) is 5.92 Å². The van der Waals surface area contributed by atoms with Gasteiger partial charge < -0.3 is 4.74 Å². The van der Waals surface area contributed by atoms with Crippen LogP contribution in [0.4, 0.5) is 0 Å². The molecule has 1 rings (SSSR count). The third-order valence-electron chi connectivity index (χ3n) is 1.72. The molecule has 1 nitrogen and oxygen atoms in total. The number of rotatable bonds is 2. The zero-order valence-corrected chi connectivity index (χ0v) is 8.49. The molecule has 1 aliphatic heterocycles. The Bertz CT molecular complexity index is 152. The fourth-order valence-electron chi connectivity index (χ4n) is 1.20. The van der Waals surface area contributed by atoms with Crippen molar-refractivity contribution in [3.8, 4) is 0 Å². The minimum atomic E-state index is 0.544. The third-order valence-corrected chi connectivity index (χ3v) is 2.94. The van der Waals surface area contributed by atoms with E-state index in [1.807, 2.05) is 11.8 Å². The van der Waals surface area contributed by atoms with Crippen LogP contribution in [0.1, 0.15) is 27.7 Å². The van der Waals surface area contributed by atoms with E-state index in [2.05, 4.69) is 27.7 Å². The van der Waals surface area contributed by atoms with Crippen LogP contribution < -0.4 is 0 Å². The summed E-state index contributed by atoms with van der Waals surface area (Å²) in [7, 11) is 0. The van der Waals surface area contributed by atoms with E-state index in [1.54, 1.807) is 0 Å². The molecule has 11 heavy (non-hydrogen) atoms. The van der Waals surface area contributed by atoms with Crippen LogP contribution in [0.3, 0.4) is 0 Å². The van der Waals surface area contributed by atoms with E-state index >= 15 is 0 Å². The van der Waals surface area contributed by atoms with Crippen LogP contribution >= 0.6 is 11.8 Å². The molecule has 0 atom stereocenters. The average molecular weight is 172 g/mol. The summed E-state index contributed by atoms with van der Waals surface area (Å²) in [5, 5.41) is 0. The number of thioether (sulfide) groups is 1. The van der Waals surface area contributed by atoms with Crippen LogP contribution in [0.25, 0.3) is 0 Å². The smallest absolute Gasteiger partial charge is 0.138 e. The molecule has 0 aliphatic carbocycles. The molecule has 0 radical (unpaired) electrons. The number of ether oxygens (including phenoxy) is 1. The highest BCUT2D eigenvalue weighted by Crippen LogP contribution is 2.37. The Kier molecular flexibility index (Phi) is 2.88. The Balaban J connectivity index is 2.77. The van der Waals surface area contributed by atoms with Gasteiger partial charge in [-0.1, -0.05) is 39.5 Å². The highest BCUT2D eigenvalue weighted by atomic mass is 32.2. The van der Waals surface area contributed by atoms with Gasteiger partial charge >= 0.3 is 0 Å². The molecule has 1 aliphatic rings. The maximum atomic E-state index is 5.53. The summed E-state index contributed by atoms with van der Waals surface area (Å²) in [6.45, 7) is 8.81. The molecule has 0 bridgehead atoms. The Hall–Kier alpha value is -0.110. The Morgan fingerprint density at radius 1 is 1.18 bits per heavy atom. The molecule has 1 heterocycles. The van der Waals surface area contributed by atoms with Crippen LogP contribution in [-0.4, -0.2) is 5.94 Å². The first-order chi connectivity index (χ1) is 5.13. The van der Waals surface area contributed by atoms with Crippen LogP contribution in [0.2, 0.25) is 0 Å². The van der Waals surface area contributed by atoms with Crippen LogP contribution in [0, 0.1) is 11.8 Å². The van der Waals surface area contributed by atoms with Gasteiger partial charge in [0.2, 0.25) is 0 Å². The zero-order chi connectivity index (χ0) is 8.43. The lowest BCUT2D eigenvalue weighted by Crippen LogP contribution is -1.99. The quantitative estimate of drug-likeness (QED) is 0.632. The molecule has 0 unspecified atom stereocenters. The lowest BCUT2D eigenvalue weighted by atomic mass is 10.1. The van der Waals surface area contributed by atoms with Crippen molar-refractivity contribution in [2.75, 3.05) is 5.94 Å². The van der Waals surface area contributed by atoms with E-state index in [1.165, 1.54) is 10.7 Å². The van der Waals surface area contributed by atoms with Gasteiger partial charge in [-0.3, -0.25) is 0 Å². The summed E-state index contributed by atoms with van der Waals surface area (Å²) in [5.41, 5.74) is 0. The molecule has 64 valence electrons. The van der Waals surface area contributed by atoms with Crippen molar-refractivity contribution in [3.63, 3.8) is 0 Å². The van der Waals surface area contributed by atoms with Gasteiger partial charge in [-0.15, -0.1) is 0 Å². The van der Waals surface area contributed by atoms with Gasteiger partial charge in [-0.25, -0.2) is 0 Å². The van der Waals surface area contributed by atoms with Crippen molar-refractivity contribution in [3.05, 3.63) is 10.7 Å². The summed E-state index contributed by atoms with van der Waals surface area (Å²) in [4.78, 5) is 1.44. The van der Waals surface area contributed by atoms with Gasteiger partial charge in [-0.2, -0.15) is 0 Å². The van der Waals surface area contributed by atoms with Crippen LogP contribution in [0.5, 0.6) is 0 Å². The van der Waals surface area contributed by atoms with Crippen molar-refractivity contribution in [1.82, 2.24) is 0 Å². The predicted molar refractivity (Wildman–Crippen MR) is 50.2 cm³/mol. The normalized spacial score (nSPS) is 18.4. The van der Waals surface area contributed by atoms with Gasteiger partial charge in [0.25, 0.3) is 0 Å². The van der Waals surface area contributed by atoms with Gasteiger partial charge in [0.05, 0.1) is 0 Å². The average Bonchev–Trinajstić information content (AvgIpc) is 2.32. The zero-order valence-electron chi connectivity index (χ0n) is 7.68. The summed E-state index contributed by atoms with van der Waals surface area (Å²) in [6, 6.07) is 0. The molecule has 0 N–H and O–H groups in total. The monoisotopic (exact) mass is 172 g/mol. The van der Waals surface area contributed by atoms with E-state index in [0.29, 0.717) is 11.8 Å². The number of hydrogen-bond donors (Lipinski definition) is 0. The molecule has 0 aromatic rings. The van der Waals surface area contributed by atoms with Crippen LogP contribution in [-0.2, 0) is 4.74 Å². The summed E-state index contributed by atoms with van der Waals surface area (Å²) >= 11 is 1.84. The van der Waals surface area contributed by atoms with Crippen LogP contribution in [0.15, 0.2) is 10.7 Å². The lowest BCUT2D eigenvalue weighted by Gasteiger charge is -2.10. The predicted octanol–water partition coefficient (Wildman–Crippen LogP) is 3.23. The fraction of sp³-hybridized carbons (Fsp3) is 0.778. The van der Waals surface area contributed by atoms with E-state index < -0.39 is 0 Å². The first kappa shape index (κ1) is 8.98. The standard InChI is InChI=1S/C9H16OS/c1-6(2)8-9(7(3)4)11-5-10-8/h6-7H,5H2,1-4H3. The lowest BCUT2D eigenvalue weighted by molar-refractivity contribution is 0.242. The first-order valence-corrected chi connectivity index (χ1v) is 5.11. The second-order valence-electron chi connectivity index (χ2n) is 3.44. The maximum Gasteiger partial charge on any atom is 0.138 e. The molecule has 0 fully saturated rings. The number of allylic oxidation sites excluding steroid dienone is 2. The van der Waals surface area contributed by atoms with Crippen molar-refractivity contribution < 1.29 is 4.74 Å². The molecule has 0 aromatic carbocycles. The topological polar surface area (TPSA) is 9.23 Å². The van der Waals surface area contributed by atoms with Crippen molar-refractivity contribution >= 4 is 11.8 Å². The molecule has 0 spiro atoms. The highest BCUT2D eigenvalue weighted by Gasteiger charge is 2.21. The summed E-state index contributed by atoms with van der Waals surface area (Å²) in [6.07, 6.45) is 0. The highest BCUT2D eigenvalue weighted by molar-refractivity contribution is 8.03. The Labute approximate surface area is 73.2 Å². The molecular weight excluding hydrogens is 156 g/mol. The fourth-order valence-corrected chi connectivity index (χ4v) is 2.28. The maximum absolute atomic E-state index is 5.53. The molecule has 2 heteroatoms. The molecule has 0 saturated carbocycles. The first-order valence-electron chi connectivity index (χ1n) is 4.12. The van der Waals surface area contributed by atoms with E-state index in [-0.39, 0.29) is 0 Å². The molecule has 0 aromatic heterocycles. The SMILES string of the molecule is CC(C)C1=C(C(C)C)SCO1. The minimum Gasteiger partial charge on any atom is -0.486 e. The van der Waals surface area contributed by atoms with Gasteiger partial charge in [0.1, 0.15) is 11.7 Å². The Morgan fingerprint density at radius 2 is 1.82 bits per heavy atom. The second-order valence-corrected chi connectivity index (χ2v) is 4.41. The minimum absolute atomic E-state index is 0.544. The van der Waals surface area contributed by atoms with Crippen molar-refractivity contribution in [2.24, 2.45) is 11.8 Å².